The highest BCUT2D eigenvalue weighted by Crippen LogP contribution is 2.34. The number of aromatic nitrogens is 2. The van der Waals surface area contributed by atoms with Crippen LogP contribution in [0.1, 0.15) is 30.8 Å². The monoisotopic (exact) mass is 257 g/mol. The summed E-state index contributed by atoms with van der Waals surface area (Å²) in [5, 5.41) is 17.5. The second-order valence-electron chi connectivity index (χ2n) is 3.63. The third-order valence-electron chi connectivity index (χ3n) is 2.52. The van der Waals surface area contributed by atoms with Gasteiger partial charge in [-0.05, 0) is 6.42 Å². The summed E-state index contributed by atoms with van der Waals surface area (Å²) in [6, 6.07) is -0.157. The van der Waals surface area contributed by atoms with Gasteiger partial charge in [0.05, 0.1) is 6.33 Å². The Balaban J connectivity index is 3.37. The number of alkyl halides is 3. The van der Waals surface area contributed by atoms with Crippen LogP contribution in [0.5, 0.6) is 0 Å². The number of halogens is 3. The third kappa shape index (κ3) is 2.44. The first-order valence-corrected chi connectivity index (χ1v) is 5.06. The molecular formula is C10H10F3N5. The van der Waals surface area contributed by atoms with Crippen molar-refractivity contribution in [2.24, 2.45) is 5.73 Å². The van der Waals surface area contributed by atoms with E-state index in [9.17, 15) is 13.2 Å². The van der Waals surface area contributed by atoms with E-state index in [-0.39, 0.29) is 12.1 Å². The molecule has 96 valence electrons. The number of hydrogen-bond donors (Lipinski definition) is 1. The second-order valence-corrected chi connectivity index (χ2v) is 3.63. The van der Waals surface area contributed by atoms with E-state index < -0.39 is 24.0 Å². The predicted molar refractivity (Wildman–Crippen MR) is 55.0 cm³/mol. The van der Waals surface area contributed by atoms with Crippen LogP contribution in [-0.4, -0.2) is 21.8 Å². The number of rotatable bonds is 3. The first kappa shape index (κ1) is 14.0. The molecule has 1 rings (SSSR count). The Labute approximate surface area is 101 Å². The second kappa shape index (κ2) is 5.07. The molecule has 0 aliphatic carbocycles. The standard InChI is InChI=1S/C10H10F3N5/c1-2-6(16)9(10(11,12)13)18-5-17-7(3-14)8(18)4-15/h5-6,9H,2,16H2,1H3. The van der Waals surface area contributed by atoms with Crippen LogP contribution in [-0.2, 0) is 0 Å². The van der Waals surface area contributed by atoms with Crippen molar-refractivity contribution in [2.45, 2.75) is 31.6 Å². The van der Waals surface area contributed by atoms with E-state index in [4.69, 9.17) is 16.3 Å². The van der Waals surface area contributed by atoms with E-state index >= 15 is 0 Å². The van der Waals surface area contributed by atoms with Crippen molar-refractivity contribution in [1.82, 2.24) is 9.55 Å². The Morgan fingerprint density at radius 2 is 2.06 bits per heavy atom. The Hall–Kier alpha value is -2.06. The molecule has 0 saturated heterocycles. The van der Waals surface area contributed by atoms with Crippen molar-refractivity contribution in [3.8, 4) is 12.1 Å². The molecule has 5 nitrogen and oxygen atoms in total. The molecule has 0 bridgehead atoms. The van der Waals surface area contributed by atoms with Crippen LogP contribution in [0.25, 0.3) is 0 Å². The lowest BCUT2D eigenvalue weighted by atomic mass is 10.1. The summed E-state index contributed by atoms with van der Waals surface area (Å²) in [5.74, 6) is 0. The molecule has 0 aliphatic heterocycles. The van der Waals surface area contributed by atoms with Crippen LogP contribution in [0.4, 0.5) is 13.2 Å². The fraction of sp³-hybridized carbons (Fsp3) is 0.500. The van der Waals surface area contributed by atoms with E-state index in [0.29, 0.717) is 4.57 Å². The van der Waals surface area contributed by atoms with Crippen molar-refractivity contribution in [3.05, 3.63) is 17.7 Å². The van der Waals surface area contributed by atoms with Crippen molar-refractivity contribution in [1.29, 1.82) is 10.5 Å². The molecule has 8 heteroatoms. The Bertz CT molecular complexity index is 505. The number of hydrogen-bond acceptors (Lipinski definition) is 4. The van der Waals surface area contributed by atoms with E-state index in [1.807, 2.05) is 0 Å². The highest BCUT2D eigenvalue weighted by atomic mass is 19.4. The normalized spacial score (nSPS) is 14.6. The Kier molecular flexibility index (Phi) is 3.94. The zero-order valence-corrected chi connectivity index (χ0v) is 9.44. The fourth-order valence-corrected chi connectivity index (χ4v) is 1.59. The van der Waals surface area contributed by atoms with Gasteiger partial charge in [0.25, 0.3) is 0 Å². The molecule has 18 heavy (non-hydrogen) atoms. The lowest BCUT2D eigenvalue weighted by Crippen LogP contribution is -2.41. The largest absolute Gasteiger partial charge is 0.410 e. The highest BCUT2D eigenvalue weighted by molar-refractivity contribution is 5.36. The summed E-state index contributed by atoms with van der Waals surface area (Å²) in [7, 11) is 0. The van der Waals surface area contributed by atoms with Gasteiger partial charge in [0.15, 0.2) is 11.4 Å². The molecule has 0 aliphatic rings. The minimum atomic E-state index is -4.62. The van der Waals surface area contributed by atoms with Gasteiger partial charge in [-0.2, -0.15) is 23.7 Å². The summed E-state index contributed by atoms with van der Waals surface area (Å²) in [6.45, 7) is 1.51. The van der Waals surface area contributed by atoms with E-state index in [1.165, 1.54) is 6.92 Å². The van der Waals surface area contributed by atoms with Crippen molar-refractivity contribution in [2.75, 3.05) is 0 Å². The maximum absolute atomic E-state index is 13.0. The van der Waals surface area contributed by atoms with Crippen molar-refractivity contribution < 1.29 is 13.2 Å². The van der Waals surface area contributed by atoms with Gasteiger partial charge in [-0.15, -0.1) is 0 Å². The van der Waals surface area contributed by atoms with Gasteiger partial charge in [0, 0.05) is 6.04 Å². The quantitative estimate of drug-likeness (QED) is 0.887. The zero-order chi connectivity index (χ0) is 13.9. The molecule has 0 radical (unpaired) electrons. The Morgan fingerprint density at radius 1 is 1.44 bits per heavy atom. The molecule has 1 aromatic heterocycles. The molecule has 0 amide bonds. The molecule has 1 heterocycles. The highest BCUT2D eigenvalue weighted by Gasteiger charge is 2.45. The lowest BCUT2D eigenvalue weighted by molar-refractivity contribution is -0.173. The first-order valence-electron chi connectivity index (χ1n) is 5.06. The van der Waals surface area contributed by atoms with Gasteiger partial charge in [-0.25, -0.2) is 4.98 Å². The molecule has 0 aromatic carbocycles. The van der Waals surface area contributed by atoms with Gasteiger partial charge < -0.3 is 10.3 Å². The van der Waals surface area contributed by atoms with Crippen molar-refractivity contribution >= 4 is 0 Å². The minimum Gasteiger partial charge on any atom is -0.326 e. The molecule has 2 atom stereocenters. The molecule has 0 saturated carbocycles. The summed E-state index contributed by atoms with van der Waals surface area (Å²) in [4.78, 5) is 3.48. The van der Waals surface area contributed by atoms with Gasteiger partial charge >= 0.3 is 6.18 Å². The lowest BCUT2D eigenvalue weighted by Gasteiger charge is -2.27. The maximum atomic E-state index is 13.0. The predicted octanol–water partition coefficient (Wildman–Crippen LogP) is 1.47. The summed E-state index contributed by atoms with van der Waals surface area (Å²) >= 11 is 0. The maximum Gasteiger partial charge on any atom is 0.410 e. The molecule has 0 fully saturated rings. The van der Waals surface area contributed by atoms with Crippen LogP contribution in [0, 0.1) is 22.7 Å². The van der Waals surface area contributed by atoms with Gasteiger partial charge in [0.1, 0.15) is 18.2 Å². The number of nitrogens with two attached hydrogens (primary N) is 1. The topological polar surface area (TPSA) is 91.4 Å². The number of nitrogens with zero attached hydrogens (tertiary/aromatic N) is 4. The SMILES string of the molecule is CCC(N)C(n1cnc(C#N)c1C#N)C(F)(F)F. The molecule has 0 spiro atoms. The smallest absolute Gasteiger partial charge is 0.326 e. The molecule has 2 unspecified atom stereocenters. The molecular weight excluding hydrogens is 247 g/mol. The van der Waals surface area contributed by atoms with E-state index in [0.717, 1.165) is 6.33 Å². The van der Waals surface area contributed by atoms with E-state index in [1.54, 1.807) is 12.1 Å². The van der Waals surface area contributed by atoms with Gasteiger partial charge in [0.2, 0.25) is 0 Å². The average molecular weight is 257 g/mol. The van der Waals surface area contributed by atoms with Crippen LogP contribution < -0.4 is 5.73 Å². The molecule has 1 aromatic rings. The van der Waals surface area contributed by atoms with Gasteiger partial charge in [-0.3, -0.25) is 0 Å². The first-order chi connectivity index (χ1) is 8.36. The van der Waals surface area contributed by atoms with Crippen LogP contribution in [0.3, 0.4) is 0 Å². The fourth-order valence-electron chi connectivity index (χ4n) is 1.59. The summed E-state index contributed by atoms with van der Waals surface area (Å²) < 4.78 is 39.5. The third-order valence-corrected chi connectivity index (χ3v) is 2.52. The average Bonchev–Trinajstić information content (AvgIpc) is 2.69. The van der Waals surface area contributed by atoms with Crippen LogP contribution in [0.15, 0.2) is 6.33 Å². The minimum absolute atomic E-state index is 0.0785. The molecule has 2 N–H and O–H groups in total. The Morgan fingerprint density at radius 3 is 2.44 bits per heavy atom. The van der Waals surface area contributed by atoms with Crippen LogP contribution in [0.2, 0.25) is 0 Å². The van der Waals surface area contributed by atoms with Crippen molar-refractivity contribution in [3.63, 3.8) is 0 Å². The zero-order valence-electron chi connectivity index (χ0n) is 9.44. The number of nitriles is 2. The van der Waals surface area contributed by atoms with Gasteiger partial charge in [-0.1, -0.05) is 6.92 Å². The van der Waals surface area contributed by atoms with Crippen LogP contribution >= 0.6 is 0 Å². The van der Waals surface area contributed by atoms with E-state index in [2.05, 4.69) is 4.98 Å². The summed E-state index contributed by atoms with van der Waals surface area (Å²) in [5.41, 5.74) is 4.68. The summed E-state index contributed by atoms with van der Waals surface area (Å²) in [6.07, 6.45) is -3.71. The number of imidazole rings is 1.